The van der Waals surface area contributed by atoms with Crippen LogP contribution in [0, 0.1) is 5.82 Å². The van der Waals surface area contributed by atoms with E-state index in [1.165, 1.54) is 6.07 Å². The number of carboxylic acids is 1. The van der Waals surface area contributed by atoms with Gasteiger partial charge >= 0.3 is 12.1 Å². The van der Waals surface area contributed by atoms with Gasteiger partial charge in [0.15, 0.2) is 5.82 Å². The summed E-state index contributed by atoms with van der Waals surface area (Å²) in [6, 6.07) is 9.23. The number of carbonyl (C=O) groups is 1. The van der Waals surface area contributed by atoms with Gasteiger partial charge in [-0.3, -0.25) is 5.10 Å². The molecule has 1 unspecified atom stereocenters. The van der Waals surface area contributed by atoms with Gasteiger partial charge in [-0.15, -0.1) is 0 Å². The molecule has 0 spiro atoms. The molecule has 1 aliphatic heterocycles. The van der Waals surface area contributed by atoms with Crippen LogP contribution in [0.4, 0.5) is 17.6 Å². The number of nitrogens with zero attached hydrogens (tertiary/aromatic N) is 2. The molecule has 2 aromatic heterocycles. The van der Waals surface area contributed by atoms with Crippen molar-refractivity contribution in [3.05, 3.63) is 59.9 Å². The number of imidazole rings is 1. The lowest BCUT2D eigenvalue weighted by Gasteiger charge is -2.24. The van der Waals surface area contributed by atoms with Crippen LogP contribution in [0.25, 0.3) is 22.2 Å². The van der Waals surface area contributed by atoms with Crippen molar-refractivity contribution in [3.63, 3.8) is 0 Å². The molecule has 3 N–H and O–H groups in total. The Balaban J connectivity index is 0.000000364. The quantitative estimate of drug-likeness (QED) is 0.352. The Bertz CT molecular complexity index is 1340. The lowest BCUT2D eigenvalue weighted by molar-refractivity contribution is -0.192. The molecule has 0 saturated heterocycles. The molecule has 0 amide bonds. The van der Waals surface area contributed by atoms with Crippen molar-refractivity contribution < 1.29 is 36.9 Å². The third kappa shape index (κ3) is 5.36. The maximum atomic E-state index is 14.6. The number of benzene rings is 2. The number of aromatic nitrogens is 4. The van der Waals surface area contributed by atoms with Gasteiger partial charge in [-0.25, -0.2) is 14.2 Å². The molecule has 0 aliphatic carbocycles. The number of nitrogens with one attached hydrogen (secondary N) is 2. The largest absolute Gasteiger partial charge is 0.494 e. The lowest BCUT2D eigenvalue weighted by atomic mass is 9.96. The number of aromatic amines is 2. The van der Waals surface area contributed by atoms with Crippen molar-refractivity contribution in [3.8, 4) is 22.6 Å². The van der Waals surface area contributed by atoms with Crippen LogP contribution in [0.15, 0.2) is 42.7 Å². The Morgan fingerprint density at radius 2 is 2.03 bits per heavy atom. The number of hydrogen-bond acceptors (Lipinski definition) is 5. The molecule has 0 saturated carbocycles. The molecule has 35 heavy (non-hydrogen) atoms. The minimum absolute atomic E-state index is 0.0218. The zero-order valence-corrected chi connectivity index (χ0v) is 18.3. The summed E-state index contributed by atoms with van der Waals surface area (Å²) in [5.41, 5.74) is 3.66. The predicted molar refractivity (Wildman–Crippen MR) is 117 cm³/mol. The average molecular weight is 492 g/mol. The van der Waals surface area contributed by atoms with Crippen molar-refractivity contribution in [1.29, 1.82) is 0 Å². The van der Waals surface area contributed by atoms with Crippen molar-refractivity contribution >= 4 is 17.0 Å². The smallest absolute Gasteiger partial charge is 0.490 e. The molecule has 0 radical (unpaired) electrons. The molecule has 4 aromatic rings. The summed E-state index contributed by atoms with van der Waals surface area (Å²) in [5, 5.41) is 13.8. The normalized spacial score (nSPS) is 15.1. The van der Waals surface area contributed by atoms with Gasteiger partial charge in [0, 0.05) is 11.8 Å². The van der Waals surface area contributed by atoms with Gasteiger partial charge in [0.05, 0.1) is 30.8 Å². The second-order valence-electron chi connectivity index (χ2n) is 7.68. The topological polar surface area (TPSA) is 113 Å². The van der Waals surface area contributed by atoms with Crippen LogP contribution in [-0.4, -0.2) is 50.6 Å². The zero-order valence-electron chi connectivity index (χ0n) is 18.3. The fourth-order valence-electron chi connectivity index (χ4n) is 3.67. The Morgan fingerprint density at radius 3 is 2.69 bits per heavy atom. The van der Waals surface area contributed by atoms with Crippen LogP contribution in [0.2, 0.25) is 0 Å². The summed E-state index contributed by atoms with van der Waals surface area (Å²) in [7, 11) is 0. The van der Waals surface area contributed by atoms with Crippen molar-refractivity contribution in [2.24, 2.45) is 0 Å². The molecule has 184 valence electrons. The van der Waals surface area contributed by atoms with Crippen LogP contribution >= 0.6 is 0 Å². The SMILES string of the molecule is CCOc1ccc2c(c1)CC(c1nc3c(F)cc(-c4cn[nH]c4)cc3[nH]1)CO2.O=C(O)C(F)(F)F. The van der Waals surface area contributed by atoms with Gasteiger partial charge in [-0.2, -0.15) is 18.3 Å². The van der Waals surface area contributed by atoms with Crippen molar-refractivity contribution in [1.82, 2.24) is 20.2 Å². The summed E-state index contributed by atoms with van der Waals surface area (Å²) in [6.07, 6.45) is -0.925. The van der Waals surface area contributed by atoms with Crippen LogP contribution in [0.1, 0.15) is 24.2 Å². The second-order valence-corrected chi connectivity index (χ2v) is 7.68. The molecular formula is C23H20F4N4O4. The standard InChI is InChI=1S/C21H19FN4O2.C2HF3O2/c1-2-27-16-3-4-19-13(6-16)5-14(11-28-19)21-25-18-8-12(15-9-23-24-10-15)7-17(22)20(18)26-21;3-2(4,5)1(6)7/h3-4,6-10,14H,2,5,11H2,1H3,(H,23,24)(H,25,26);(H,6,7). The second kappa shape index (κ2) is 9.65. The van der Waals surface area contributed by atoms with E-state index in [0.717, 1.165) is 40.4 Å². The molecule has 1 atom stereocenters. The molecule has 0 bridgehead atoms. The number of alkyl halides is 3. The van der Waals surface area contributed by atoms with E-state index >= 15 is 0 Å². The number of hydrogen-bond donors (Lipinski definition) is 3. The predicted octanol–water partition coefficient (Wildman–Crippen LogP) is 4.84. The van der Waals surface area contributed by atoms with E-state index in [9.17, 15) is 17.6 Å². The first-order valence-corrected chi connectivity index (χ1v) is 10.5. The third-order valence-electron chi connectivity index (χ3n) is 5.27. The molecule has 0 fully saturated rings. The van der Waals surface area contributed by atoms with Gasteiger partial charge in [0.25, 0.3) is 0 Å². The number of rotatable bonds is 4. The Morgan fingerprint density at radius 1 is 1.26 bits per heavy atom. The van der Waals surface area contributed by atoms with E-state index in [1.807, 2.05) is 31.2 Å². The summed E-state index contributed by atoms with van der Waals surface area (Å²) in [6.45, 7) is 3.07. The van der Waals surface area contributed by atoms with Gasteiger partial charge < -0.3 is 19.6 Å². The van der Waals surface area contributed by atoms with E-state index in [1.54, 1.807) is 12.4 Å². The fourth-order valence-corrected chi connectivity index (χ4v) is 3.67. The Kier molecular flexibility index (Phi) is 6.63. The fraction of sp³-hybridized carbons (Fsp3) is 0.261. The maximum absolute atomic E-state index is 14.6. The van der Waals surface area contributed by atoms with E-state index < -0.39 is 12.1 Å². The first-order valence-electron chi connectivity index (χ1n) is 10.5. The van der Waals surface area contributed by atoms with Gasteiger partial charge in [-0.1, -0.05) is 0 Å². The highest BCUT2D eigenvalue weighted by molar-refractivity contribution is 5.82. The van der Waals surface area contributed by atoms with Crippen molar-refractivity contribution in [2.45, 2.75) is 25.4 Å². The number of aliphatic carboxylic acids is 1. The minimum atomic E-state index is -5.08. The van der Waals surface area contributed by atoms with Crippen LogP contribution in [0.3, 0.4) is 0 Å². The minimum Gasteiger partial charge on any atom is -0.494 e. The van der Waals surface area contributed by atoms with Gasteiger partial charge in [0.1, 0.15) is 22.8 Å². The molecule has 1 aliphatic rings. The van der Waals surface area contributed by atoms with E-state index in [2.05, 4.69) is 20.2 Å². The highest BCUT2D eigenvalue weighted by atomic mass is 19.4. The van der Waals surface area contributed by atoms with E-state index in [4.69, 9.17) is 19.4 Å². The molecular weight excluding hydrogens is 472 g/mol. The monoisotopic (exact) mass is 492 g/mol. The zero-order chi connectivity index (χ0) is 25.2. The highest BCUT2D eigenvalue weighted by Gasteiger charge is 2.38. The number of ether oxygens (including phenoxy) is 2. The summed E-state index contributed by atoms with van der Waals surface area (Å²) < 4.78 is 57.9. The Hall–Kier alpha value is -4.09. The van der Waals surface area contributed by atoms with E-state index in [0.29, 0.717) is 24.2 Å². The maximum Gasteiger partial charge on any atom is 0.490 e. The van der Waals surface area contributed by atoms with Gasteiger partial charge in [0.2, 0.25) is 0 Å². The molecule has 2 aromatic carbocycles. The molecule has 3 heterocycles. The number of fused-ring (bicyclic) bond motifs is 2. The number of halogens is 4. The average Bonchev–Trinajstić information content (AvgIpc) is 3.49. The first kappa shape index (κ1) is 24.0. The molecule has 5 rings (SSSR count). The first-order chi connectivity index (χ1) is 16.7. The lowest BCUT2D eigenvalue weighted by Crippen LogP contribution is -2.21. The number of H-pyrrole nitrogens is 2. The number of carboxylic acid groups (broad SMARTS) is 1. The van der Waals surface area contributed by atoms with E-state index in [-0.39, 0.29) is 11.7 Å². The summed E-state index contributed by atoms with van der Waals surface area (Å²) in [4.78, 5) is 16.7. The third-order valence-corrected chi connectivity index (χ3v) is 5.27. The van der Waals surface area contributed by atoms with Crippen LogP contribution in [0.5, 0.6) is 11.5 Å². The summed E-state index contributed by atoms with van der Waals surface area (Å²) in [5.74, 6) is -0.672. The van der Waals surface area contributed by atoms with Gasteiger partial charge in [-0.05, 0) is 54.8 Å². The summed E-state index contributed by atoms with van der Waals surface area (Å²) >= 11 is 0. The highest BCUT2D eigenvalue weighted by Crippen LogP contribution is 2.35. The van der Waals surface area contributed by atoms with Crippen LogP contribution in [-0.2, 0) is 11.2 Å². The molecule has 8 nitrogen and oxygen atoms in total. The van der Waals surface area contributed by atoms with Crippen molar-refractivity contribution in [2.75, 3.05) is 13.2 Å². The Labute approximate surface area is 195 Å². The molecule has 12 heteroatoms. The van der Waals surface area contributed by atoms with Crippen LogP contribution < -0.4 is 9.47 Å².